The Hall–Kier alpha value is -2.72. The van der Waals surface area contributed by atoms with Crippen LogP contribution in [0.15, 0.2) is 23.2 Å². The Kier molecular flexibility index (Phi) is 3.17. The van der Waals surface area contributed by atoms with Crippen molar-refractivity contribution in [1.82, 2.24) is 0 Å². The van der Waals surface area contributed by atoms with E-state index in [9.17, 15) is 20.6 Å². The summed E-state index contributed by atoms with van der Waals surface area (Å²) in [7, 11) is 0. The molecule has 3 aliphatic rings. The molecule has 1 saturated heterocycles. The standard InChI is InChI=1S/C16H12ClN5O4/c1-8-5-25-16(26-8)15(7-19)12(14(15,6-18)13(20)21-16)10-3-2-9(22(23)24)4-11(10)17/h2-4,8,12H,5H2,1H3,(H2,20,21)/t8-,12-,14-,15-,16-/m1/s1. The highest BCUT2D eigenvalue weighted by Crippen LogP contribution is 2.83. The largest absolute Gasteiger partial charge is 0.386 e. The van der Waals surface area contributed by atoms with Crippen molar-refractivity contribution in [1.29, 1.82) is 10.5 Å². The zero-order valence-corrected chi connectivity index (χ0v) is 14.2. The monoisotopic (exact) mass is 373 g/mol. The van der Waals surface area contributed by atoms with Gasteiger partial charge in [-0.05, 0) is 12.5 Å². The molecule has 1 spiro atoms. The Morgan fingerprint density at radius 2 is 2.19 bits per heavy atom. The zero-order chi connectivity index (χ0) is 18.9. The minimum Gasteiger partial charge on any atom is -0.386 e. The van der Waals surface area contributed by atoms with E-state index in [1.54, 1.807) is 6.92 Å². The van der Waals surface area contributed by atoms with Crippen LogP contribution in [0.1, 0.15) is 18.4 Å². The Labute approximate surface area is 152 Å². The highest BCUT2D eigenvalue weighted by molar-refractivity contribution is 6.31. The average molecular weight is 374 g/mol. The van der Waals surface area contributed by atoms with Gasteiger partial charge in [0.2, 0.25) is 0 Å². The Morgan fingerprint density at radius 1 is 1.46 bits per heavy atom. The summed E-state index contributed by atoms with van der Waals surface area (Å²) < 4.78 is 11.5. The predicted molar refractivity (Wildman–Crippen MR) is 87.8 cm³/mol. The van der Waals surface area contributed by atoms with Crippen LogP contribution in [0, 0.1) is 43.6 Å². The van der Waals surface area contributed by atoms with E-state index in [1.165, 1.54) is 18.2 Å². The van der Waals surface area contributed by atoms with Crippen LogP contribution in [-0.4, -0.2) is 29.4 Å². The second kappa shape index (κ2) is 4.92. The van der Waals surface area contributed by atoms with Gasteiger partial charge in [-0.2, -0.15) is 10.5 Å². The number of nitrogens with zero attached hydrogens (tertiary/aromatic N) is 4. The number of nitro benzene ring substituents is 1. The maximum absolute atomic E-state index is 10.9. The minimum absolute atomic E-state index is 0.0601. The Morgan fingerprint density at radius 3 is 2.69 bits per heavy atom. The van der Waals surface area contributed by atoms with Crippen molar-refractivity contribution in [2.24, 2.45) is 21.6 Å². The number of amidine groups is 1. The smallest absolute Gasteiger partial charge is 0.293 e. The van der Waals surface area contributed by atoms with E-state index >= 15 is 0 Å². The van der Waals surface area contributed by atoms with Gasteiger partial charge in [0.1, 0.15) is 11.3 Å². The van der Waals surface area contributed by atoms with Gasteiger partial charge in [0.25, 0.3) is 11.6 Å². The third-order valence-corrected chi connectivity index (χ3v) is 5.64. The summed E-state index contributed by atoms with van der Waals surface area (Å²) in [6.45, 7) is 1.95. The summed E-state index contributed by atoms with van der Waals surface area (Å²) in [5, 5.41) is 30.9. The van der Waals surface area contributed by atoms with E-state index in [-0.39, 0.29) is 29.3 Å². The summed E-state index contributed by atoms with van der Waals surface area (Å²) in [5.74, 6) is -2.52. The van der Waals surface area contributed by atoms with Crippen molar-refractivity contribution in [2.75, 3.05) is 6.61 Å². The lowest BCUT2D eigenvalue weighted by atomic mass is 9.94. The number of rotatable bonds is 2. The van der Waals surface area contributed by atoms with Gasteiger partial charge in [-0.15, -0.1) is 0 Å². The molecule has 2 aliphatic heterocycles. The van der Waals surface area contributed by atoms with E-state index in [0.717, 1.165) is 0 Å². The van der Waals surface area contributed by atoms with Crippen molar-refractivity contribution >= 4 is 23.1 Å². The molecule has 0 radical (unpaired) electrons. The molecule has 0 bridgehead atoms. The van der Waals surface area contributed by atoms with E-state index in [4.69, 9.17) is 26.8 Å². The van der Waals surface area contributed by atoms with Crippen molar-refractivity contribution in [3.8, 4) is 12.1 Å². The maximum Gasteiger partial charge on any atom is 0.293 e. The molecule has 132 valence electrons. The van der Waals surface area contributed by atoms with Crippen LogP contribution in [0.4, 0.5) is 5.69 Å². The van der Waals surface area contributed by atoms with Crippen LogP contribution < -0.4 is 5.73 Å². The lowest BCUT2D eigenvalue weighted by molar-refractivity contribution is -0.384. The summed E-state index contributed by atoms with van der Waals surface area (Å²) >= 11 is 6.24. The average Bonchev–Trinajstić information content (AvgIpc) is 2.97. The van der Waals surface area contributed by atoms with Crippen molar-refractivity contribution in [3.63, 3.8) is 0 Å². The summed E-state index contributed by atoms with van der Waals surface area (Å²) in [4.78, 5) is 14.6. The molecule has 2 heterocycles. The molecule has 1 aromatic carbocycles. The molecule has 1 aromatic rings. The van der Waals surface area contributed by atoms with Crippen LogP contribution >= 0.6 is 11.6 Å². The number of nitriles is 2. The third kappa shape index (κ3) is 1.59. The summed E-state index contributed by atoms with van der Waals surface area (Å²) in [6, 6.07) is 8.13. The van der Waals surface area contributed by atoms with Crippen LogP contribution in [0.3, 0.4) is 0 Å². The Balaban J connectivity index is 1.90. The number of nitrogens with two attached hydrogens (primary N) is 1. The number of benzene rings is 1. The number of aliphatic imine (C=N–C) groups is 1. The molecular formula is C16H12ClN5O4. The molecule has 0 aromatic heterocycles. The van der Waals surface area contributed by atoms with Crippen LogP contribution in [0.2, 0.25) is 5.02 Å². The number of halogens is 1. The third-order valence-electron chi connectivity index (χ3n) is 5.31. The van der Waals surface area contributed by atoms with Gasteiger partial charge in [-0.3, -0.25) is 10.1 Å². The van der Waals surface area contributed by atoms with Crippen molar-refractivity contribution < 1.29 is 14.4 Å². The summed E-state index contributed by atoms with van der Waals surface area (Å²) in [6.07, 6.45) is -0.333. The fourth-order valence-electron chi connectivity index (χ4n) is 4.19. The van der Waals surface area contributed by atoms with Gasteiger partial charge in [-0.1, -0.05) is 17.7 Å². The van der Waals surface area contributed by atoms with Gasteiger partial charge in [-0.25, -0.2) is 4.99 Å². The molecule has 10 heteroatoms. The first kappa shape index (κ1) is 16.7. The Bertz CT molecular complexity index is 968. The number of fused-ring (bicyclic) bond motifs is 2. The fraction of sp³-hybridized carbons (Fsp3) is 0.438. The van der Waals surface area contributed by atoms with Gasteiger partial charge in [0, 0.05) is 18.1 Å². The molecular weight excluding hydrogens is 362 g/mol. The number of ether oxygens (including phenoxy) is 2. The first-order valence-corrected chi connectivity index (χ1v) is 8.11. The molecule has 9 nitrogen and oxygen atoms in total. The second-order valence-corrected chi connectivity index (χ2v) is 6.96. The highest BCUT2D eigenvalue weighted by atomic mass is 35.5. The van der Waals surface area contributed by atoms with E-state index in [2.05, 4.69) is 17.1 Å². The second-order valence-electron chi connectivity index (χ2n) is 6.55. The maximum atomic E-state index is 10.9. The van der Waals surface area contributed by atoms with Crippen LogP contribution in [-0.2, 0) is 9.47 Å². The molecule has 5 atom stereocenters. The first-order valence-electron chi connectivity index (χ1n) is 7.73. The number of non-ortho nitro benzene ring substituents is 1. The van der Waals surface area contributed by atoms with E-state index in [0.29, 0.717) is 5.56 Å². The topological polar surface area (TPSA) is 148 Å². The SMILES string of the molecule is C[C@@H]1CO[C@@]2(N=C(N)[C@@]3(C#N)[C@@H](c4ccc([N+](=O)[O-])cc4Cl)[C@@]23C#N)O1. The van der Waals surface area contributed by atoms with E-state index < -0.39 is 27.6 Å². The van der Waals surface area contributed by atoms with Gasteiger partial charge < -0.3 is 15.2 Å². The van der Waals surface area contributed by atoms with Crippen molar-refractivity contribution in [2.45, 2.75) is 24.9 Å². The normalized spacial score (nSPS) is 39.8. The van der Waals surface area contributed by atoms with Crippen LogP contribution in [0.5, 0.6) is 0 Å². The highest BCUT2D eigenvalue weighted by Gasteiger charge is 2.94. The predicted octanol–water partition coefficient (Wildman–Crippen LogP) is 1.83. The molecule has 2 N–H and O–H groups in total. The fourth-order valence-corrected chi connectivity index (χ4v) is 4.48. The van der Waals surface area contributed by atoms with Crippen LogP contribution in [0.25, 0.3) is 0 Å². The number of hydrogen-bond donors (Lipinski definition) is 1. The zero-order valence-electron chi connectivity index (χ0n) is 13.5. The number of nitro groups is 1. The van der Waals surface area contributed by atoms with Gasteiger partial charge in [0.05, 0.1) is 34.8 Å². The molecule has 2 fully saturated rings. The molecule has 26 heavy (non-hydrogen) atoms. The van der Waals surface area contributed by atoms with E-state index in [1.807, 2.05) is 0 Å². The molecule has 1 aliphatic carbocycles. The lowest BCUT2D eigenvalue weighted by Crippen LogP contribution is -2.39. The lowest BCUT2D eigenvalue weighted by Gasteiger charge is -2.26. The number of hydrogen-bond acceptors (Lipinski definition) is 8. The first-order chi connectivity index (χ1) is 12.3. The molecule has 4 rings (SSSR count). The van der Waals surface area contributed by atoms with Gasteiger partial charge in [0.15, 0.2) is 5.41 Å². The minimum atomic E-state index is -1.68. The molecule has 0 unspecified atom stereocenters. The summed E-state index contributed by atoms with van der Waals surface area (Å²) in [5.41, 5.74) is 3.27. The van der Waals surface area contributed by atoms with Gasteiger partial charge >= 0.3 is 0 Å². The van der Waals surface area contributed by atoms with Crippen molar-refractivity contribution in [3.05, 3.63) is 38.9 Å². The molecule has 1 saturated carbocycles. The quantitative estimate of drug-likeness (QED) is 0.613. The molecule has 0 amide bonds.